The van der Waals surface area contributed by atoms with Gasteiger partial charge in [0.2, 0.25) is 0 Å². The second-order valence-electron chi connectivity index (χ2n) is 4.93. The molecule has 2 rings (SSSR count). The van der Waals surface area contributed by atoms with Crippen LogP contribution in [-0.2, 0) is 17.3 Å². The Bertz CT molecular complexity index is 598. The van der Waals surface area contributed by atoms with E-state index in [9.17, 15) is 8.60 Å². The van der Waals surface area contributed by atoms with Crippen molar-refractivity contribution in [3.8, 4) is 10.6 Å². The van der Waals surface area contributed by atoms with Crippen LogP contribution in [0, 0.1) is 5.82 Å². The summed E-state index contributed by atoms with van der Waals surface area (Å²) in [5, 5.41) is 6.43. The van der Waals surface area contributed by atoms with Crippen LogP contribution in [0.1, 0.15) is 19.0 Å². The smallest absolute Gasteiger partial charge is 0.123 e. The van der Waals surface area contributed by atoms with Gasteiger partial charge in [0.25, 0.3) is 0 Å². The van der Waals surface area contributed by atoms with Crippen molar-refractivity contribution in [2.24, 2.45) is 0 Å². The maximum atomic E-state index is 12.9. The molecule has 0 amide bonds. The summed E-state index contributed by atoms with van der Waals surface area (Å²) in [7, 11) is -0.765. The molecule has 1 aromatic carbocycles. The Morgan fingerprint density at radius 2 is 2.10 bits per heavy atom. The van der Waals surface area contributed by atoms with Crippen molar-refractivity contribution < 1.29 is 8.60 Å². The molecule has 6 heteroatoms. The fourth-order valence-electron chi connectivity index (χ4n) is 1.80. The van der Waals surface area contributed by atoms with E-state index in [0.717, 1.165) is 29.2 Å². The first kappa shape index (κ1) is 16.3. The van der Waals surface area contributed by atoms with Crippen molar-refractivity contribution in [2.45, 2.75) is 25.1 Å². The molecular formula is C15H19FN2OS2. The Labute approximate surface area is 131 Å². The first-order chi connectivity index (χ1) is 10.1. The number of aromatic nitrogens is 1. The Morgan fingerprint density at radius 1 is 1.38 bits per heavy atom. The van der Waals surface area contributed by atoms with Gasteiger partial charge in [0.15, 0.2) is 0 Å². The van der Waals surface area contributed by atoms with Crippen LogP contribution in [0.2, 0.25) is 0 Å². The molecule has 0 bridgehead atoms. The number of nitrogens with one attached hydrogen (secondary N) is 1. The highest BCUT2D eigenvalue weighted by Crippen LogP contribution is 2.23. The van der Waals surface area contributed by atoms with Gasteiger partial charge >= 0.3 is 0 Å². The van der Waals surface area contributed by atoms with Gasteiger partial charge in [-0.15, -0.1) is 11.3 Å². The second-order valence-corrected chi connectivity index (χ2v) is 7.59. The van der Waals surface area contributed by atoms with E-state index in [0.29, 0.717) is 6.54 Å². The van der Waals surface area contributed by atoms with Crippen molar-refractivity contribution in [3.05, 3.63) is 41.2 Å². The molecule has 3 nitrogen and oxygen atoms in total. The molecular weight excluding hydrogens is 307 g/mol. The van der Waals surface area contributed by atoms with Gasteiger partial charge in [-0.1, -0.05) is 6.92 Å². The third-order valence-corrected chi connectivity index (χ3v) is 5.55. The number of hydrogen-bond donors (Lipinski definition) is 1. The van der Waals surface area contributed by atoms with Crippen LogP contribution in [0.25, 0.3) is 10.6 Å². The Kier molecular flexibility index (Phi) is 6.02. The standard InChI is InChI=1S/C15H19FN2OS2/c1-11(21(2)19)7-8-17-9-14-10-20-15(18-14)12-3-5-13(16)6-4-12/h3-6,10-11,17H,7-9H2,1-2H3. The van der Waals surface area contributed by atoms with Gasteiger partial charge in [-0.2, -0.15) is 0 Å². The lowest BCUT2D eigenvalue weighted by molar-refractivity contribution is 0.624. The Morgan fingerprint density at radius 3 is 2.76 bits per heavy atom. The first-order valence-electron chi connectivity index (χ1n) is 6.79. The molecule has 114 valence electrons. The first-order valence-corrected chi connectivity index (χ1v) is 9.29. The highest BCUT2D eigenvalue weighted by Gasteiger charge is 2.07. The summed E-state index contributed by atoms with van der Waals surface area (Å²) in [4.78, 5) is 4.54. The number of halogens is 1. The van der Waals surface area contributed by atoms with Crippen LogP contribution >= 0.6 is 11.3 Å². The van der Waals surface area contributed by atoms with Crippen LogP contribution in [-0.4, -0.2) is 27.2 Å². The zero-order chi connectivity index (χ0) is 15.2. The number of nitrogens with zero attached hydrogens (tertiary/aromatic N) is 1. The number of rotatable bonds is 7. The third-order valence-electron chi connectivity index (χ3n) is 3.24. The van der Waals surface area contributed by atoms with Gasteiger partial charge in [-0.05, 0) is 37.2 Å². The van der Waals surface area contributed by atoms with E-state index in [1.54, 1.807) is 29.7 Å². The van der Waals surface area contributed by atoms with E-state index >= 15 is 0 Å². The maximum absolute atomic E-state index is 12.9. The van der Waals surface area contributed by atoms with Crippen LogP contribution in [0.5, 0.6) is 0 Å². The molecule has 2 atom stereocenters. The molecule has 2 unspecified atom stereocenters. The van der Waals surface area contributed by atoms with E-state index in [1.165, 1.54) is 12.1 Å². The predicted molar refractivity (Wildman–Crippen MR) is 87.4 cm³/mol. The topological polar surface area (TPSA) is 42.0 Å². The fourth-order valence-corrected chi connectivity index (χ4v) is 3.08. The van der Waals surface area contributed by atoms with E-state index in [1.807, 2.05) is 12.3 Å². The molecule has 1 aromatic heterocycles. The van der Waals surface area contributed by atoms with Gasteiger partial charge in [-0.3, -0.25) is 4.21 Å². The van der Waals surface area contributed by atoms with Crippen molar-refractivity contribution in [2.75, 3.05) is 12.8 Å². The molecule has 0 fully saturated rings. The van der Waals surface area contributed by atoms with Crippen molar-refractivity contribution in [1.82, 2.24) is 10.3 Å². The molecule has 0 aliphatic heterocycles. The maximum Gasteiger partial charge on any atom is 0.123 e. The molecule has 1 heterocycles. The van der Waals surface area contributed by atoms with Crippen LogP contribution in [0.4, 0.5) is 4.39 Å². The summed E-state index contributed by atoms with van der Waals surface area (Å²) in [6.07, 6.45) is 2.62. The van der Waals surface area contributed by atoms with E-state index in [-0.39, 0.29) is 11.1 Å². The second kappa shape index (κ2) is 7.77. The summed E-state index contributed by atoms with van der Waals surface area (Å²) in [6, 6.07) is 6.37. The lowest BCUT2D eigenvalue weighted by Crippen LogP contribution is -2.21. The number of hydrogen-bond acceptors (Lipinski definition) is 4. The van der Waals surface area contributed by atoms with Gasteiger partial charge in [0, 0.05) is 39.8 Å². The van der Waals surface area contributed by atoms with Crippen molar-refractivity contribution in [3.63, 3.8) is 0 Å². The van der Waals surface area contributed by atoms with E-state index < -0.39 is 10.8 Å². The van der Waals surface area contributed by atoms with E-state index in [2.05, 4.69) is 10.3 Å². The zero-order valence-corrected chi connectivity index (χ0v) is 13.8. The highest BCUT2D eigenvalue weighted by atomic mass is 32.2. The largest absolute Gasteiger partial charge is 0.311 e. The number of thiazole rings is 1. The SMILES string of the molecule is CC(CCNCc1csc(-c2ccc(F)cc2)n1)S(C)=O. The average molecular weight is 326 g/mol. The van der Waals surface area contributed by atoms with Gasteiger partial charge in [0.1, 0.15) is 10.8 Å². The summed E-state index contributed by atoms with van der Waals surface area (Å²) in [6.45, 7) is 3.51. The Hall–Kier alpha value is -1.11. The summed E-state index contributed by atoms with van der Waals surface area (Å²) >= 11 is 1.56. The zero-order valence-electron chi connectivity index (χ0n) is 12.1. The summed E-state index contributed by atoms with van der Waals surface area (Å²) in [5.41, 5.74) is 1.91. The average Bonchev–Trinajstić information content (AvgIpc) is 2.93. The van der Waals surface area contributed by atoms with Gasteiger partial charge in [-0.25, -0.2) is 9.37 Å². The summed E-state index contributed by atoms with van der Waals surface area (Å²) < 4.78 is 24.1. The van der Waals surface area contributed by atoms with Crippen LogP contribution in [0.15, 0.2) is 29.6 Å². The van der Waals surface area contributed by atoms with Gasteiger partial charge in [0.05, 0.1) is 5.69 Å². The predicted octanol–water partition coefficient (Wildman–Crippen LogP) is 3.20. The van der Waals surface area contributed by atoms with Crippen LogP contribution in [0.3, 0.4) is 0 Å². The van der Waals surface area contributed by atoms with Crippen molar-refractivity contribution >= 4 is 22.1 Å². The van der Waals surface area contributed by atoms with Gasteiger partial charge < -0.3 is 5.32 Å². The minimum absolute atomic E-state index is 0.211. The molecule has 1 N–H and O–H groups in total. The Balaban J connectivity index is 1.83. The lowest BCUT2D eigenvalue weighted by atomic mass is 10.2. The normalized spacial score (nSPS) is 14.0. The van der Waals surface area contributed by atoms with E-state index in [4.69, 9.17) is 0 Å². The number of benzene rings is 1. The molecule has 21 heavy (non-hydrogen) atoms. The molecule has 0 radical (unpaired) electrons. The third kappa shape index (κ3) is 4.98. The quantitative estimate of drug-likeness (QED) is 0.795. The molecule has 0 saturated heterocycles. The van der Waals surface area contributed by atoms with Crippen molar-refractivity contribution in [1.29, 1.82) is 0 Å². The molecule has 0 spiro atoms. The lowest BCUT2D eigenvalue weighted by Gasteiger charge is -2.08. The molecule has 2 aromatic rings. The molecule has 0 aliphatic carbocycles. The molecule has 0 saturated carbocycles. The van der Waals surface area contributed by atoms with Crippen LogP contribution < -0.4 is 5.32 Å². The summed E-state index contributed by atoms with van der Waals surface area (Å²) in [5.74, 6) is -0.236. The minimum atomic E-state index is -0.765. The fraction of sp³-hybridized carbons (Fsp3) is 0.400. The molecule has 0 aliphatic rings. The highest BCUT2D eigenvalue weighted by molar-refractivity contribution is 7.84. The minimum Gasteiger partial charge on any atom is -0.311 e. The monoisotopic (exact) mass is 326 g/mol.